The van der Waals surface area contributed by atoms with Crippen LogP contribution in [0.1, 0.15) is 37.0 Å². The van der Waals surface area contributed by atoms with Crippen molar-refractivity contribution in [1.82, 2.24) is 20.2 Å². The van der Waals surface area contributed by atoms with E-state index in [1.165, 1.54) is 16.3 Å². The van der Waals surface area contributed by atoms with Crippen LogP contribution in [0.3, 0.4) is 0 Å². The van der Waals surface area contributed by atoms with Crippen LogP contribution in [-0.4, -0.2) is 29.1 Å². The smallest absolute Gasteiger partial charge is 0.191 e. The molecule has 0 amide bonds. The number of nitrogens with zero attached hydrogens (tertiary/aromatic N) is 3. The monoisotopic (exact) mass is 333 g/mol. The van der Waals surface area contributed by atoms with E-state index in [1.807, 2.05) is 17.8 Å². The normalized spacial score (nSPS) is 12.5. The Bertz CT molecular complexity index is 648. The highest BCUT2D eigenvalue weighted by Gasteiger charge is 2.17. The van der Waals surface area contributed by atoms with E-state index in [9.17, 15) is 0 Å². The average Bonchev–Trinajstić information content (AvgIpc) is 3.11. The zero-order valence-electron chi connectivity index (χ0n) is 14.7. The Hall–Kier alpha value is -1.82. The Balaban J connectivity index is 1.76. The number of thiazole rings is 1. The summed E-state index contributed by atoms with van der Waals surface area (Å²) in [5.74, 6) is 0.821. The second-order valence-corrected chi connectivity index (χ2v) is 7.61. The standard InChI is InChI=1S/C17H27N5S/c1-17(2,3)14-12-23-15(21-14)6-8-19-16(18-4)20-10-13-7-9-22(5)11-13/h7,9,11-12H,6,8,10H2,1-5H3,(H2,18,19,20). The number of guanidine groups is 1. The number of aromatic nitrogens is 2. The summed E-state index contributed by atoms with van der Waals surface area (Å²) in [7, 11) is 3.82. The second-order valence-electron chi connectivity index (χ2n) is 6.66. The summed E-state index contributed by atoms with van der Waals surface area (Å²) in [4.78, 5) is 8.97. The average molecular weight is 334 g/mol. The lowest BCUT2D eigenvalue weighted by Crippen LogP contribution is -2.37. The first-order chi connectivity index (χ1) is 10.9. The van der Waals surface area contributed by atoms with E-state index < -0.39 is 0 Å². The molecule has 2 aromatic heterocycles. The number of hydrogen-bond donors (Lipinski definition) is 2. The van der Waals surface area contributed by atoms with Crippen LogP contribution >= 0.6 is 11.3 Å². The first-order valence-electron chi connectivity index (χ1n) is 7.89. The number of aryl methyl sites for hydroxylation is 1. The first-order valence-corrected chi connectivity index (χ1v) is 8.76. The molecule has 2 N–H and O–H groups in total. The van der Waals surface area contributed by atoms with Gasteiger partial charge in [0.2, 0.25) is 0 Å². The molecule has 2 heterocycles. The van der Waals surface area contributed by atoms with E-state index in [4.69, 9.17) is 4.98 Å². The van der Waals surface area contributed by atoms with Gasteiger partial charge in [0.05, 0.1) is 10.7 Å². The molecule has 5 nitrogen and oxygen atoms in total. The molecule has 0 aromatic carbocycles. The molecule has 126 valence electrons. The summed E-state index contributed by atoms with van der Waals surface area (Å²) >= 11 is 1.73. The maximum absolute atomic E-state index is 4.72. The van der Waals surface area contributed by atoms with Gasteiger partial charge in [-0.15, -0.1) is 11.3 Å². The lowest BCUT2D eigenvalue weighted by molar-refractivity contribution is 0.570. The predicted octanol–water partition coefficient (Wildman–Crippen LogP) is 2.69. The molecule has 0 saturated carbocycles. The minimum absolute atomic E-state index is 0.120. The van der Waals surface area contributed by atoms with Gasteiger partial charge in [-0.3, -0.25) is 4.99 Å². The third kappa shape index (κ3) is 5.39. The van der Waals surface area contributed by atoms with Crippen molar-refractivity contribution in [2.45, 2.75) is 39.2 Å². The van der Waals surface area contributed by atoms with Crippen molar-refractivity contribution in [1.29, 1.82) is 0 Å². The molecule has 0 atom stereocenters. The second kappa shape index (κ2) is 7.64. The van der Waals surface area contributed by atoms with E-state index in [2.05, 4.69) is 54.0 Å². The van der Waals surface area contributed by atoms with Crippen LogP contribution < -0.4 is 10.6 Å². The van der Waals surface area contributed by atoms with Crippen molar-refractivity contribution in [2.24, 2.45) is 12.0 Å². The SMILES string of the molecule is CN=C(NCCc1nc(C(C)(C)C)cs1)NCc1ccn(C)c1. The fourth-order valence-corrected chi connectivity index (χ4v) is 3.15. The van der Waals surface area contributed by atoms with Crippen LogP contribution in [0.4, 0.5) is 0 Å². The lowest BCUT2D eigenvalue weighted by Gasteiger charge is -2.14. The quantitative estimate of drug-likeness (QED) is 0.653. The Labute approximate surface area is 142 Å². The Morgan fingerprint density at radius 1 is 1.35 bits per heavy atom. The summed E-state index contributed by atoms with van der Waals surface area (Å²) in [6, 6.07) is 2.10. The molecule has 0 aliphatic rings. The van der Waals surface area contributed by atoms with Gasteiger partial charge >= 0.3 is 0 Å². The molecule has 6 heteroatoms. The molecule has 0 aliphatic heterocycles. The van der Waals surface area contributed by atoms with Crippen LogP contribution in [0.25, 0.3) is 0 Å². The molecule has 0 spiro atoms. The molecule has 23 heavy (non-hydrogen) atoms. The van der Waals surface area contributed by atoms with Crippen molar-refractivity contribution < 1.29 is 0 Å². The summed E-state index contributed by atoms with van der Waals surface area (Å²) < 4.78 is 2.04. The van der Waals surface area contributed by atoms with E-state index in [0.717, 1.165) is 25.5 Å². The number of aliphatic imine (C=N–C) groups is 1. The van der Waals surface area contributed by atoms with E-state index in [1.54, 1.807) is 18.4 Å². The Morgan fingerprint density at radius 2 is 2.13 bits per heavy atom. The highest BCUT2D eigenvalue weighted by Crippen LogP contribution is 2.23. The van der Waals surface area contributed by atoms with Crippen LogP contribution in [0.2, 0.25) is 0 Å². The topological polar surface area (TPSA) is 54.2 Å². The fourth-order valence-electron chi connectivity index (χ4n) is 2.13. The third-order valence-electron chi connectivity index (χ3n) is 3.53. The summed E-state index contributed by atoms with van der Waals surface area (Å²) in [6.07, 6.45) is 5.05. The largest absolute Gasteiger partial charge is 0.357 e. The van der Waals surface area contributed by atoms with Crippen molar-refractivity contribution in [3.05, 3.63) is 40.1 Å². The van der Waals surface area contributed by atoms with Gasteiger partial charge in [0.1, 0.15) is 0 Å². The lowest BCUT2D eigenvalue weighted by atomic mass is 9.93. The summed E-state index contributed by atoms with van der Waals surface area (Å²) in [5.41, 5.74) is 2.53. The molecule has 0 bridgehead atoms. The fraction of sp³-hybridized carbons (Fsp3) is 0.529. The van der Waals surface area contributed by atoms with Gasteiger partial charge in [0.15, 0.2) is 5.96 Å². The van der Waals surface area contributed by atoms with E-state index in [-0.39, 0.29) is 5.41 Å². The van der Waals surface area contributed by atoms with Gasteiger partial charge in [0.25, 0.3) is 0 Å². The molecular weight excluding hydrogens is 306 g/mol. The number of hydrogen-bond acceptors (Lipinski definition) is 3. The van der Waals surface area contributed by atoms with Gasteiger partial charge in [-0.25, -0.2) is 4.98 Å². The third-order valence-corrected chi connectivity index (χ3v) is 4.44. The van der Waals surface area contributed by atoms with Crippen LogP contribution in [-0.2, 0) is 25.4 Å². The minimum Gasteiger partial charge on any atom is -0.357 e. The minimum atomic E-state index is 0.120. The molecule has 0 fully saturated rings. The van der Waals surface area contributed by atoms with Gasteiger partial charge < -0.3 is 15.2 Å². The van der Waals surface area contributed by atoms with Gasteiger partial charge in [-0.05, 0) is 11.6 Å². The Morgan fingerprint density at radius 3 is 2.70 bits per heavy atom. The highest BCUT2D eigenvalue weighted by molar-refractivity contribution is 7.09. The molecule has 0 saturated heterocycles. The maximum Gasteiger partial charge on any atom is 0.191 e. The Kier molecular flexibility index (Phi) is 5.82. The van der Waals surface area contributed by atoms with Crippen molar-refractivity contribution in [3.8, 4) is 0 Å². The highest BCUT2D eigenvalue weighted by atomic mass is 32.1. The van der Waals surface area contributed by atoms with Crippen molar-refractivity contribution in [2.75, 3.05) is 13.6 Å². The zero-order chi connectivity index (χ0) is 16.9. The van der Waals surface area contributed by atoms with E-state index >= 15 is 0 Å². The molecule has 2 aromatic rings. The van der Waals surface area contributed by atoms with Crippen LogP contribution in [0, 0.1) is 0 Å². The van der Waals surface area contributed by atoms with Gasteiger partial charge in [0, 0.05) is 56.8 Å². The summed E-state index contributed by atoms with van der Waals surface area (Å²) in [6.45, 7) is 8.18. The van der Waals surface area contributed by atoms with Crippen molar-refractivity contribution in [3.63, 3.8) is 0 Å². The molecule has 0 unspecified atom stereocenters. The number of nitrogens with one attached hydrogen (secondary N) is 2. The van der Waals surface area contributed by atoms with E-state index in [0.29, 0.717) is 0 Å². The molecule has 2 rings (SSSR count). The molecule has 0 aliphatic carbocycles. The van der Waals surface area contributed by atoms with Crippen LogP contribution in [0.15, 0.2) is 28.8 Å². The molecule has 0 radical (unpaired) electrons. The van der Waals surface area contributed by atoms with Crippen LogP contribution in [0.5, 0.6) is 0 Å². The van der Waals surface area contributed by atoms with Gasteiger partial charge in [-0.2, -0.15) is 0 Å². The number of rotatable bonds is 5. The van der Waals surface area contributed by atoms with Gasteiger partial charge in [-0.1, -0.05) is 20.8 Å². The maximum atomic E-state index is 4.72. The summed E-state index contributed by atoms with van der Waals surface area (Å²) in [5, 5.41) is 10.00. The first kappa shape index (κ1) is 17.5. The van der Waals surface area contributed by atoms with Crippen molar-refractivity contribution >= 4 is 17.3 Å². The predicted molar refractivity (Wildman–Crippen MR) is 98.1 cm³/mol. The zero-order valence-corrected chi connectivity index (χ0v) is 15.5. The molecular formula is C17H27N5S.